The van der Waals surface area contributed by atoms with Crippen LogP contribution in [0, 0.1) is 0 Å². The summed E-state index contributed by atoms with van der Waals surface area (Å²) in [5.74, 6) is 0. The van der Waals surface area contributed by atoms with Crippen LogP contribution in [0.5, 0.6) is 0 Å². The molecular weight excluding hydrogens is 232 g/mol. The van der Waals surface area contributed by atoms with Crippen molar-refractivity contribution in [3.05, 3.63) is 35.9 Å². The van der Waals surface area contributed by atoms with Gasteiger partial charge < -0.3 is 10.2 Å². The zero-order valence-corrected chi connectivity index (χ0v) is 12.7. The van der Waals surface area contributed by atoms with Crippen molar-refractivity contribution in [3.63, 3.8) is 0 Å². The minimum absolute atomic E-state index is 0.158. The number of allylic oxidation sites excluding steroid dienone is 1. The summed E-state index contributed by atoms with van der Waals surface area (Å²) in [4.78, 5) is 2.50. The first kappa shape index (κ1) is 14.1. The Balaban J connectivity index is 2.44. The molecule has 2 heteroatoms. The highest BCUT2D eigenvalue weighted by molar-refractivity contribution is 5.68. The van der Waals surface area contributed by atoms with Gasteiger partial charge in [0.1, 0.15) is 0 Å². The van der Waals surface area contributed by atoms with Crippen molar-refractivity contribution < 1.29 is 0 Å². The first-order chi connectivity index (χ1) is 8.89. The van der Waals surface area contributed by atoms with E-state index in [4.69, 9.17) is 0 Å². The van der Waals surface area contributed by atoms with E-state index in [-0.39, 0.29) is 5.41 Å². The van der Waals surface area contributed by atoms with E-state index in [2.05, 4.69) is 62.7 Å². The van der Waals surface area contributed by atoms with Gasteiger partial charge in [0.25, 0.3) is 0 Å². The van der Waals surface area contributed by atoms with Crippen LogP contribution in [-0.4, -0.2) is 26.2 Å². The second kappa shape index (κ2) is 5.38. The summed E-state index contributed by atoms with van der Waals surface area (Å²) in [6.45, 7) is 17.3. The molecule has 1 aliphatic heterocycles. The van der Waals surface area contributed by atoms with E-state index < -0.39 is 0 Å². The molecule has 1 heterocycles. The third-order valence-electron chi connectivity index (χ3n) is 3.76. The lowest BCUT2D eigenvalue weighted by Crippen LogP contribution is -2.44. The van der Waals surface area contributed by atoms with Gasteiger partial charge in [0, 0.05) is 31.9 Å². The fourth-order valence-corrected chi connectivity index (χ4v) is 2.58. The molecule has 0 saturated carbocycles. The number of anilines is 1. The first-order valence-electron chi connectivity index (χ1n) is 7.15. The summed E-state index contributed by atoms with van der Waals surface area (Å²) < 4.78 is 0. The largest absolute Gasteiger partial charge is 0.369 e. The molecule has 1 N–H and O–H groups in total. The van der Waals surface area contributed by atoms with Gasteiger partial charge in [-0.15, -0.1) is 0 Å². The van der Waals surface area contributed by atoms with Crippen LogP contribution >= 0.6 is 0 Å². The van der Waals surface area contributed by atoms with E-state index in [0.29, 0.717) is 0 Å². The lowest BCUT2D eigenvalue weighted by atomic mass is 9.83. The fourth-order valence-electron chi connectivity index (χ4n) is 2.58. The van der Waals surface area contributed by atoms with Gasteiger partial charge in [-0.3, -0.25) is 0 Å². The van der Waals surface area contributed by atoms with Crippen LogP contribution in [0.2, 0.25) is 0 Å². The predicted octanol–water partition coefficient (Wildman–Crippen LogP) is 3.43. The molecule has 104 valence electrons. The van der Waals surface area contributed by atoms with E-state index in [1.807, 2.05) is 0 Å². The Hall–Kier alpha value is -1.28. The summed E-state index contributed by atoms with van der Waals surface area (Å²) in [6.07, 6.45) is 0. The number of hydrogen-bond donors (Lipinski definition) is 1. The van der Waals surface area contributed by atoms with Crippen LogP contribution in [0.1, 0.15) is 38.8 Å². The lowest BCUT2D eigenvalue weighted by Gasteiger charge is -2.34. The molecule has 0 bridgehead atoms. The summed E-state index contributed by atoms with van der Waals surface area (Å²) in [5, 5.41) is 3.42. The number of rotatable bonds is 2. The Kier molecular flexibility index (Phi) is 4.00. The summed E-state index contributed by atoms with van der Waals surface area (Å²) in [5.41, 5.74) is 5.36. The Bertz CT molecular complexity index is 463. The molecule has 1 saturated heterocycles. The zero-order chi connectivity index (χ0) is 14.0. The Morgan fingerprint density at radius 3 is 2.37 bits per heavy atom. The number of hydrogen-bond acceptors (Lipinski definition) is 2. The second-order valence-corrected chi connectivity index (χ2v) is 6.50. The minimum atomic E-state index is 0.158. The Labute approximate surface area is 117 Å². The molecule has 1 fully saturated rings. The maximum Gasteiger partial charge on any atom is 0.0405 e. The highest BCUT2D eigenvalue weighted by Crippen LogP contribution is 2.34. The van der Waals surface area contributed by atoms with Crippen molar-refractivity contribution in [2.75, 3.05) is 31.1 Å². The van der Waals surface area contributed by atoms with Crippen molar-refractivity contribution in [3.8, 4) is 0 Å². The number of nitrogens with zero attached hydrogens (tertiary/aromatic N) is 1. The summed E-state index contributed by atoms with van der Waals surface area (Å²) in [7, 11) is 0. The van der Waals surface area contributed by atoms with Gasteiger partial charge >= 0.3 is 0 Å². The predicted molar refractivity (Wildman–Crippen MR) is 84.9 cm³/mol. The molecule has 2 nitrogen and oxygen atoms in total. The topological polar surface area (TPSA) is 15.3 Å². The molecule has 0 aromatic heterocycles. The molecule has 0 amide bonds. The number of piperazine rings is 1. The maximum atomic E-state index is 4.07. The van der Waals surface area contributed by atoms with E-state index in [0.717, 1.165) is 31.8 Å². The maximum absolute atomic E-state index is 4.07. The highest BCUT2D eigenvalue weighted by atomic mass is 15.2. The van der Waals surface area contributed by atoms with Crippen molar-refractivity contribution in [1.82, 2.24) is 5.32 Å². The summed E-state index contributed by atoms with van der Waals surface area (Å²) in [6, 6.07) is 6.80. The minimum Gasteiger partial charge on any atom is -0.369 e. The molecule has 1 aromatic carbocycles. The molecule has 0 spiro atoms. The van der Waals surface area contributed by atoms with Gasteiger partial charge in [0.05, 0.1) is 0 Å². The van der Waals surface area contributed by atoms with Crippen molar-refractivity contribution >= 4 is 11.3 Å². The van der Waals surface area contributed by atoms with Gasteiger partial charge in [-0.05, 0) is 35.6 Å². The molecule has 2 rings (SSSR count). The Morgan fingerprint density at radius 2 is 1.84 bits per heavy atom. The highest BCUT2D eigenvalue weighted by Gasteiger charge is 2.22. The second-order valence-electron chi connectivity index (χ2n) is 6.50. The van der Waals surface area contributed by atoms with Gasteiger partial charge in [-0.2, -0.15) is 0 Å². The normalized spacial score (nSPS) is 16.5. The fraction of sp³-hybridized carbons (Fsp3) is 0.529. The molecule has 0 radical (unpaired) electrons. The van der Waals surface area contributed by atoms with E-state index >= 15 is 0 Å². The van der Waals surface area contributed by atoms with E-state index in [1.165, 1.54) is 16.8 Å². The van der Waals surface area contributed by atoms with Gasteiger partial charge in [-0.25, -0.2) is 0 Å². The van der Waals surface area contributed by atoms with Crippen LogP contribution in [0.4, 0.5) is 5.69 Å². The zero-order valence-electron chi connectivity index (χ0n) is 12.7. The lowest BCUT2D eigenvalue weighted by molar-refractivity contribution is 0.563. The van der Waals surface area contributed by atoms with Crippen LogP contribution in [0.15, 0.2) is 24.8 Å². The van der Waals surface area contributed by atoms with Crippen LogP contribution < -0.4 is 10.2 Å². The van der Waals surface area contributed by atoms with Crippen LogP contribution in [0.25, 0.3) is 5.57 Å². The smallest absolute Gasteiger partial charge is 0.0405 e. The van der Waals surface area contributed by atoms with Gasteiger partial charge in [0.2, 0.25) is 0 Å². The van der Waals surface area contributed by atoms with Crippen molar-refractivity contribution in [2.45, 2.75) is 33.1 Å². The van der Waals surface area contributed by atoms with Crippen molar-refractivity contribution in [1.29, 1.82) is 0 Å². The van der Waals surface area contributed by atoms with Crippen molar-refractivity contribution in [2.24, 2.45) is 0 Å². The average Bonchev–Trinajstić information content (AvgIpc) is 2.38. The average molecular weight is 258 g/mol. The monoisotopic (exact) mass is 258 g/mol. The molecule has 19 heavy (non-hydrogen) atoms. The molecule has 0 atom stereocenters. The van der Waals surface area contributed by atoms with Crippen LogP contribution in [0.3, 0.4) is 0 Å². The number of benzene rings is 1. The van der Waals surface area contributed by atoms with E-state index in [9.17, 15) is 0 Å². The summed E-state index contributed by atoms with van der Waals surface area (Å²) >= 11 is 0. The van der Waals surface area contributed by atoms with Gasteiger partial charge in [-0.1, -0.05) is 39.0 Å². The molecule has 0 aliphatic carbocycles. The molecular formula is C17H26N2. The van der Waals surface area contributed by atoms with Crippen LogP contribution in [-0.2, 0) is 5.41 Å². The quantitative estimate of drug-likeness (QED) is 0.874. The van der Waals surface area contributed by atoms with E-state index in [1.54, 1.807) is 0 Å². The Morgan fingerprint density at radius 1 is 1.21 bits per heavy atom. The SMILES string of the molecule is C=C(C)c1ccc(N2CCNCC2)c(C(C)(C)C)c1. The standard InChI is InChI=1S/C17H26N2/c1-13(2)14-6-7-16(15(12-14)17(3,4)5)19-10-8-18-9-11-19/h6-7,12,18H,1,8-11H2,2-5H3. The third kappa shape index (κ3) is 3.19. The van der Waals surface area contributed by atoms with Gasteiger partial charge in [0.15, 0.2) is 0 Å². The number of nitrogens with one attached hydrogen (secondary N) is 1. The molecule has 1 aliphatic rings. The first-order valence-corrected chi connectivity index (χ1v) is 7.15. The molecule has 0 unspecified atom stereocenters. The third-order valence-corrected chi connectivity index (χ3v) is 3.76. The molecule has 1 aromatic rings.